The predicted octanol–water partition coefficient (Wildman–Crippen LogP) is 2.74. The van der Waals surface area contributed by atoms with E-state index in [-0.39, 0.29) is 6.10 Å². The zero-order valence-corrected chi connectivity index (χ0v) is 11.2. The van der Waals surface area contributed by atoms with E-state index in [1.807, 2.05) is 16.8 Å². The first-order chi connectivity index (χ1) is 8.84. The number of nitrogens with zero attached hydrogens (tertiary/aromatic N) is 3. The van der Waals surface area contributed by atoms with E-state index >= 15 is 0 Å². The molecule has 0 radical (unpaired) electrons. The van der Waals surface area contributed by atoms with E-state index in [0.717, 1.165) is 30.8 Å². The van der Waals surface area contributed by atoms with E-state index in [1.165, 1.54) is 0 Å². The molecule has 18 heavy (non-hydrogen) atoms. The Morgan fingerprint density at radius 2 is 2.61 bits per heavy atom. The summed E-state index contributed by atoms with van der Waals surface area (Å²) in [5.41, 5.74) is 1.06. The molecule has 0 amide bonds. The Hall–Kier alpha value is -1.31. The van der Waals surface area contributed by atoms with Gasteiger partial charge in [0.2, 0.25) is 4.77 Å². The molecule has 1 aliphatic heterocycles. The van der Waals surface area contributed by atoms with E-state index in [9.17, 15) is 0 Å². The lowest BCUT2D eigenvalue weighted by atomic mass is 10.2. The van der Waals surface area contributed by atoms with Gasteiger partial charge in [-0.25, -0.2) is 0 Å². The van der Waals surface area contributed by atoms with Crippen LogP contribution < -0.4 is 0 Å². The fourth-order valence-corrected chi connectivity index (χ4v) is 2.68. The highest BCUT2D eigenvalue weighted by Gasteiger charge is 2.23. The van der Waals surface area contributed by atoms with Crippen molar-refractivity contribution in [1.29, 1.82) is 0 Å². The van der Waals surface area contributed by atoms with Crippen molar-refractivity contribution < 1.29 is 4.74 Å². The number of hydrogen-bond acceptors (Lipinski definition) is 5. The zero-order valence-electron chi connectivity index (χ0n) is 9.57. The first kappa shape index (κ1) is 11.8. The summed E-state index contributed by atoms with van der Waals surface area (Å²) in [6.45, 7) is 0.776. The Morgan fingerprint density at radius 3 is 3.33 bits per heavy atom. The zero-order chi connectivity index (χ0) is 12.4. The van der Waals surface area contributed by atoms with Crippen molar-refractivity contribution in [3.05, 3.63) is 33.0 Å². The summed E-state index contributed by atoms with van der Waals surface area (Å²) < 4.78 is 7.74. The minimum atomic E-state index is -0.00225. The van der Waals surface area contributed by atoms with Crippen molar-refractivity contribution in [3.63, 3.8) is 0 Å². The Morgan fingerprint density at radius 1 is 1.67 bits per heavy atom. The van der Waals surface area contributed by atoms with Crippen LogP contribution in [0.2, 0.25) is 0 Å². The van der Waals surface area contributed by atoms with Crippen molar-refractivity contribution in [1.82, 2.24) is 14.9 Å². The largest absolute Gasteiger partial charge is 0.370 e. The molecule has 7 heteroatoms. The van der Waals surface area contributed by atoms with Gasteiger partial charge in [-0.1, -0.05) is 0 Å². The van der Waals surface area contributed by atoms with Crippen LogP contribution in [0.25, 0.3) is 0 Å². The summed E-state index contributed by atoms with van der Waals surface area (Å²) in [4.78, 5) is 0. The van der Waals surface area contributed by atoms with Crippen molar-refractivity contribution in [2.45, 2.75) is 18.9 Å². The van der Waals surface area contributed by atoms with E-state index in [1.54, 1.807) is 22.2 Å². The molecule has 0 unspecified atom stereocenters. The van der Waals surface area contributed by atoms with Crippen molar-refractivity contribution in [2.24, 2.45) is 5.10 Å². The molecular weight excluding hydrogens is 268 g/mol. The van der Waals surface area contributed by atoms with Gasteiger partial charge in [-0.3, -0.25) is 5.10 Å². The second-order valence-corrected chi connectivity index (χ2v) is 5.17. The van der Waals surface area contributed by atoms with Crippen molar-refractivity contribution >= 4 is 29.8 Å². The Kier molecular flexibility index (Phi) is 3.35. The molecule has 5 nitrogen and oxygen atoms in total. The summed E-state index contributed by atoms with van der Waals surface area (Å²) in [6.07, 6.45) is 3.80. The molecule has 1 N–H and O–H groups in total. The maximum atomic E-state index is 5.61. The number of aromatic nitrogens is 3. The highest BCUT2D eigenvalue weighted by Crippen LogP contribution is 2.26. The van der Waals surface area contributed by atoms with E-state index in [2.05, 4.69) is 15.3 Å². The van der Waals surface area contributed by atoms with Gasteiger partial charge in [0.25, 0.3) is 0 Å². The van der Waals surface area contributed by atoms with Crippen LogP contribution in [0, 0.1) is 4.77 Å². The Balaban J connectivity index is 1.91. The first-order valence-corrected chi connectivity index (χ1v) is 7.05. The number of aromatic amines is 1. The molecule has 1 aliphatic rings. The maximum absolute atomic E-state index is 5.61. The lowest BCUT2D eigenvalue weighted by Crippen LogP contribution is -2.05. The molecule has 3 heterocycles. The number of rotatable bonds is 3. The van der Waals surface area contributed by atoms with Crippen LogP contribution in [0.5, 0.6) is 0 Å². The molecule has 2 aromatic heterocycles. The molecule has 0 saturated carbocycles. The Labute approximate surface area is 113 Å². The molecule has 0 spiro atoms. The summed E-state index contributed by atoms with van der Waals surface area (Å²) in [5, 5.41) is 15.4. The van der Waals surface area contributed by atoms with Crippen molar-refractivity contribution in [2.75, 3.05) is 6.61 Å². The molecule has 1 fully saturated rings. The number of nitrogens with one attached hydrogen (secondary N) is 1. The smallest absolute Gasteiger partial charge is 0.216 e. The fourth-order valence-electron chi connectivity index (χ4n) is 1.88. The fraction of sp³-hybridized carbons (Fsp3) is 0.364. The third-order valence-electron chi connectivity index (χ3n) is 2.76. The maximum Gasteiger partial charge on any atom is 0.216 e. The molecular formula is C11H12N4OS2. The molecule has 1 saturated heterocycles. The second kappa shape index (κ2) is 5.13. The molecule has 0 aromatic carbocycles. The highest BCUT2D eigenvalue weighted by atomic mass is 32.1. The summed E-state index contributed by atoms with van der Waals surface area (Å²) in [6, 6.07) is 2.00. The average Bonchev–Trinajstić information content (AvgIpc) is 3.08. The van der Waals surface area contributed by atoms with Gasteiger partial charge in [-0.15, -0.1) is 0 Å². The SMILES string of the molecule is S=c1[nH]nc([C@H]2CCCO2)n1/N=C\c1ccsc1. The topological polar surface area (TPSA) is 55.2 Å². The summed E-state index contributed by atoms with van der Waals surface area (Å²) in [7, 11) is 0. The van der Waals surface area contributed by atoms with E-state index < -0.39 is 0 Å². The minimum absolute atomic E-state index is 0.00225. The van der Waals surface area contributed by atoms with Gasteiger partial charge in [-0.05, 0) is 41.9 Å². The second-order valence-electron chi connectivity index (χ2n) is 4.00. The molecule has 3 rings (SSSR count). The number of H-pyrrole nitrogens is 1. The van der Waals surface area contributed by atoms with Crippen LogP contribution in [0.15, 0.2) is 21.9 Å². The van der Waals surface area contributed by atoms with Gasteiger partial charge in [0.1, 0.15) is 6.10 Å². The van der Waals surface area contributed by atoms with Gasteiger partial charge in [-0.2, -0.15) is 26.2 Å². The van der Waals surface area contributed by atoms with Crippen LogP contribution in [0.3, 0.4) is 0 Å². The normalized spacial score (nSPS) is 19.9. The lowest BCUT2D eigenvalue weighted by Gasteiger charge is -2.06. The third kappa shape index (κ3) is 2.29. The van der Waals surface area contributed by atoms with Crippen LogP contribution in [-0.2, 0) is 4.74 Å². The van der Waals surface area contributed by atoms with Gasteiger partial charge in [0.05, 0.1) is 6.21 Å². The molecule has 94 valence electrons. The number of ether oxygens (including phenoxy) is 1. The van der Waals surface area contributed by atoms with E-state index in [4.69, 9.17) is 17.0 Å². The summed E-state index contributed by atoms with van der Waals surface area (Å²) >= 11 is 6.82. The van der Waals surface area contributed by atoms with Crippen LogP contribution in [-0.4, -0.2) is 27.7 Å². The van der Waals surface area contributed by atoms with Gasteiger partial charge in [0, 0.05) is 12.2 Å². The number of hydrogen-bond donors (Lipinski definition) is 1. The standard InChI is InChI=1S/C11H12N4OS2/c17-11-14-13-10(9-2-1-4-16-9)15(11)12-6-8-3-5-18-7-8/h3,5-7,9H,1-2,4H2,(H,14,17)/b12-6-/t9-/m1/s1. The van der Waals surface area contributed by atoms with E-state index in [0.29, 0.717) is 4.77 Å². The average molecular weight is 280 g/mol. The van der Waals surface area contributed by atoms with Crippen molar-refractivity contribution in [3.8, 4) is 0 Å². The molecule has 1 atom stereocenters. The molecule has 0 bridgehead atoms. The van der Waals surface area contributed by atoms with Gasteiger partial charge >= 0.3 is 0 Å². The van der Waals surface area contributed by atoms with Crippen LogP contribution >= 0.6 is 23.6 Å². The number of thiophene rings is 1. The molecule has 2 aromatic rings. The highest BCUT2D eigenvalue weighted by molar-refractivity contribution is 7.71. The van der Waals surface area contributed by atoms with Gasteiger partial charge in [0.15, 0.2) is 5.82 Å². The van der Waals surface area contributed by atoms with Gasteiger partial charge < -0.3 is 4.74 Å². The first-order valence-electron chi connectivity index (χ1n) is 5.70. The van der Waals surface area contributed by atoms with Crippen LogP contribution in [0.1, 0.15) is 30.3 Å². The predicted molar refractivity (Wildman–Crippen MR) is 72.6 cm³/mol. The Bertz CT molecular complexity index is 593. The summed E-state index contributed by atoms with van der Waals surface area (Å²) in [5.74, 6) is 0.754. The monoisotopic (exact) mass is 280 g/mol. The van der Waals surface area contributed by atoms with Crippen LogP contribution in [0.4, 0.5) is 0 Å². The lowest BCUT2D eigenvalue weighted by molar-refractivity contribution is 0.102. The quantitative estimate of drug-likeness (QED) is 0.695. The molecule has 0 aliphatic carbocycles. The third-order valence-corrected chi connectivity index (χ3v) is 3.72. The minimum Gasteiger partial charge on any atom is -0.370 e.